The number of piperidine rings is 1. The second kappa shape index (κ2) is 12.3. The van der Waals surface area contributed by atoms with E-state index in [0.29, 0.717) is 26.2 Å². The third-order valence-electron chi connectivity index (χ3n) is 6.00. The van der Waals surface area contributed by atoms with Gasteiger partial charge in [-0.15, -0.1) is 0 Å². The number of ether oxygens (including phenoxy) is 2. The van der Waals surface area contributed by atoms with E-state index in [1.165, 1.54) is 7.11 Å². The average Bonchev–Trinajstić information content (AvgIpc) is 2.84. The summed E-state index contributed by atoms with van der Waals surface area (Å²) in [6.45, 7) is 5.57. The van der Waals surface area contributed by atoms with Crippen LogP contribution in [0.5, 0.6) is 0 Å². The van der Waals surface area contributed by atoms with Gasteiger partial charge < -0.3 is 19.3 Å². The van der Waals surface area contributed by atoms with Gasteiger partial charge in [0.25, 0.3) is 5.91 Å². The highest BCUT2D eigenvalue weighted by Gasteiger charge is 2.29. The molecule has 0 N–H and O–H groups in total. The van der Waals surface area contributed by atoms with Crippen molar-refractivity contribution in [3.8, 4) is 0 Å². The maximum atomic E-state index is 13.0. The molecule has 0 bridgehead atoms. The van der Waals surface area contributed by atoms with Gasteiger partial charge in [-0.1, -0.05) is 42.0 Å². The van der Waals surface area contributed by atoms with Crippen molar-refractivity contribution in [3.63, 3.8) is 0 Å². The Bertz CT molecular complexity index is 989. The fraction of sp³-hybridized carbons (Fsp3) is 0.444. The van der Waals surface area contributed by atoms with Gasteiger partial charge in [-0.25, -0.2) is 0 Å². The van der Waals surface area contributed by atoms with E-state index in [1.807, 2.05) is 55.5 Å². The van der Waals surface area contributed by atoms with Gasteiger partial charge in [0.15, 0.2) is 0 Å². The van der Waals surface area contributed by atoms with Gasteiger partial charge in [0.1, 0.15) is 6.61 Å². The molecule has 34 heavy (non-hydrogen) atoms. The molecule has 2 aromatic rings. The Kier molecular flexibility index (Phi) is 9.22. The van der Waals surface area contributed by atoms with Gasteiger partial charge in [0, 0.05) is 25.9 Å². The van der Waals surface area contributed by atoms with Crippen molar-refractivity contribution >= 4 is 23.5 Å². The molecule has 0 saturated carbocycles. The SMILES string of the molecule is CCOC(=O)C1CCCN(C(=O)Cc2cccc(N(Cc3ccc(C)cc3)C(=O)COC)c2)C1. The zero-order valence-electron chi connectivity index (χ0n) is 20.3. The van der Waals surface area contributed by atoms with Crippen LogP contribution in [0.3, 0.4) is 0 Å². The summed E-state index contributed by atoms with van der Waals surface area (Å²) in [5.74, 6) is -0.676. The van der Waals surface area contributed by atoms with Crippen LogP contribution in [0.15, 0.2) is 48.5 Å². The molecule has 0 spiro atoms. The van der Waals surface area contributed by atoms with Crippen LogP contribution in [0.2, 0.25) is 0 Å². The van der Waals surface area contributed by atoms with Crippen molar-refractivity contribution in [3.05, 3.63) is 65.2 Å². The van der Waals surface area contributed by atoms with Crippen LogP contribution >= 0.6 is 0 Å². The molecule has 0 radical (unpaired) electrons. The van der Waals surface area contributed by atoms with Gasteiger partial charge in [0.2, 0.25) is 5.91 Å². The lowest BCUT2D eigenvalue weighted by atomic mass is 9.97. The maximum Gasteiger partial charge on any atom is 0.310 e. The number of benzene rings is 2. The normalized spacial score (nSPS) is 15.6. The lowest BCUT2D eigenvalue weighted by molar-refractivity contribution is -0.151. The Morgan fingerprint density at radius 2 is 1.85 bits per heavy atom. The number of aryl methyl sites for hydroxylation is 1. The minimum absolute atomic E-state index is 0.0283. The Morgan fingerprint density at radius 1 is 1.09 bits per heavy atom. The zero-order valence-corrected chi connectivity index (χ0v) is 20.3. The number of esters is 1. The van der Waals surface area contributed by atoms with E-state index in [4.69, 9.17) is 9.47 Å². The van der Waals surface area contributed by atoms with Crippen LogP contribution in [0.25, 0.3) is 0 Å². The summed E-state index contributed by atoms with van der Waals surface area (Å²) in [5.41, 5.74) is 3.70. The average molecular weight is 467 g/mol. The van der Waals surface area contributed by atoms with Crippen LogP contribution in [0, 0.1) is 12.8 Å². The first kappa shape index (κ1) is 25.4. The molecule has 7 heteroatoms. The van der Waals surface area contributed by atoms with Crippen molar-refractivity contribution in [1.29, 1.82) is 0 Å². The van der Waals surface area contributed by atoms with E-state index in [9.17, 15) is 14.4 Å². The Labute approximate surface area is 201 Å². The maximum absolute atomic E-state index is 13.0. The molecule has 1 heterocycles. The lowest BCUT2D eigenvalue weighted by Crippen LogP contribution is -2.43. The molecular weight excluding hydrogens is 432 g/mol. The first-order chi connectivity index (χ1) is 16.4. The van der Waals surface area contributed by atoms with E-state index in [-0.39, 0.29) is 36.7 Å². The molecule has 2 amide bonds. The molecule has 1 aliphatic heterocycles. The number of carbonyl (C=O) groups is 3. The van der Waals surface area contributed by atoms with Crippen LogP contribution in [-0.4, -0.2) is 56.1 Å². The molecule has 0 aromatic heterocycles. The monoisotopic (exact) mass is 466 g/mol. The number of likely N-dealkylation sites (tertiary alicyclic amines) is 1. The number of hydrogen-bond donors (Lipinski definition) is 0. The standard InChI is InChI=1S/C27H34N2O5/c1-4-34-27(32)23-8-6-14-28(18-23)25(30)16-22-7-5-9-24(15-22)29(26(31)19-33-3)17-21-12-10-20(2)11-13-21/h5,7,9-13,15,23H,4,6,8,14,16-19H2,1-3H3. The minimum atomic E-state index is -0.263. The first-order valence-electron chi connectivity index (χ1n) is 11.8. The van der Waals surface area contributed by atoms with Crippen molar-refractivity contribution in [1.82, 2.24) is 4.90 Å². The lowest BCUT2D eigenvalue weighted by Gasteiger charge is -2.31. The van der Waals surface area contributed by atoms with Crippen molar-refractivity contribution in [2.75, 3.05) is 38.3 Å². The molecule has 3 rings (SSSR count). The third kappa shape index (κ3) is 6.90. The van der Waals surface area contributed by atoms with E-state index >= 15 is 0 Å². The van der Waals surface area contributed by atoms with Crippen molar-refractivity contribution in [2.45, 2.75) is 39.7 Å². The number of amides is 2. The summed E-state index contributed by atoms with van der Waals surface area (Å²) >= 11 is 0. The van der Waals surface area contributed by atoms with Crippen molar-refractivity contribution in [2.24, 2.45) is 5.92 Å². The quantitative estimate of drug-likeness (QED) is 0.529. The van der Waals surface area contributed by atoms with Gasteiger partial charge in [-0.2, -0.15) is 0 Å². The van der Waals surface area contributed by atoms with Crippen molar-refractivity contribution < 1.29 is 23.9 Å². The molecule has 7 nitrogen and oxygen atoms in total. The Balaban J connectivity index is 1.73. The number of methoxy groups -OCH3 is 1. The zero-order chi connectivity index (χ0) is 24.5. The summed E-state index contributed by atoms with van der Waals surface area (Å²) in [6, 6.07) is 15.5. The van der Waals surface area contributed by atoms with Gasteiger partial charge in [-0.3, -0.25) is 14.4 Å². The highest BCUT2D eigenvalue weighted by Crippen LogP contribution is 2.22. The van der Waals surface area contributed by atoms with Crippen LogP contribution < -0.4 is 4.90 Å². The fourth-order valence-corrected chi connectivity index (χ4v) is 4.18. The van der Waals surface area contributed by atoms with Crippen LogP contribution in [-0.2, 0) is 36.8 Å². The van der Waals surface area contributed by atoms with Gasteiger partial charge in [-0.05, 0) is 49.9 Å². The third-order valence-corrected chi connectivity index (χ3v) is 6.00. The van der Waals surface area contributed by atoms with E-state index < -0.39 is 0 Å². The van der Waals surface area contributed by atoms with E-state index in [0.717, 1.165) is 35.2 Å². The highest BCUT2D eigenvalue weighted by atomic mass is 16.5. The molecule has 1 aliphatic rings. The number of anilines is 1. The molecule has 182 valence electrons. The first-order valence-corrected chi connectivity index (χ1v) is 11.8. The minimum Gasteiger partial charge on any atom is -0.466 e. The van der Waals surface area contributed by atoms with Crippen LogP contribution in [0.1, 0.15) is 36.5 Å². The van der Waals surface area contributed by atoms with E-state index in [2.05, 4.69) is 0 Å². The molecule has 1 atom stereocenters. The fourth-order valence-electron chi connectivity index (χ4n) is 4.18. The summed E-state index contributed by atoms with van der Waals surface area (Å²) < 4.78 is 10.2. The van der Waals surface area contributed by atoms with E-state index in [1.54, 1.807) is 16.7 Å². The Hall–Kier alpha value is -3.19. The van der Waals surface area contributed by atoms with Gasteiger partial charge >= 0.3 is 5.97 Å². The second-order valence-electron chi connectivity index (χ2n) is 8.68. The predicted molar refractivity (Wildman–Crippen MR) is 130 cm³/mol. The number of nitrogens with zero attached hydrogens (tertiary/aromatic N) is 2. The molecule has 2 aromatic carbocycles. The number of rotatable bonds is 9. The number of hydrogen-bond acceptors (Lipinski definition) is 5. The Morgan fingerprint density at radius 3 is 2.56 bits per heavy atom. The molecule has 0 aliphatic carbocycles. The summed E-state index contributed by atoms with van der Waals surface area (Å²) in [5, 5.41) is 0. The highest BCUT2D eigenvalue weighted by molar-refractivity contribution is 5.94. The topological polar surface area (TPSA) is 76.2 Å². The second-order valence-corrected chi connectivity index (χ2v) is 8.68. The summed E-state index contributed by atoms with van der Waals surface area (Å²) in [6.07, 6.45) is 1.74. The molecular formula is C27H34N2O5. The largest absolute Gasteiger partial charge is 0.466 e. The molecule has 1 saturated heterocycles. The van der Waals surface area contributed by atoms with Gasteiger partial charge in [0.05, 0.1) is 25.5 Å². The molecule has 1 fully saturated rings. The summed E-state index contributed by atoms with van der Waals surface area (Å²) in [4.78, 5) is 41.4. The predicted octanol–water partition coefficient (Wildman–Crippen LogP) is 3.52. The summed E-state index contributed by atoms with van der Waals surface area (Å²) in [7, 11) is 1.50. The number of carbonyl (C=O) groups excluding carboxylic acids is 3. The molecule has 1 unspecified atom stereocenters. The van der Waals surface area contributed by atoms with Crippen LogP contribution in [0.4, 0.5) is 5.69 Å². The smallest absolute Gasteiger partial charge is 0.310 e.